The Bertz CT molecular complexity index is 775. The summed E-state index contributed by atoms with van der Waals surface area (Å²) in [5.41, 5.74) is 7.94. The topological polar surface area (TPSA) is 97.1 Å². The Morgan fingerprint density at radius 2 is 2.05 bits per heavy atom. The largest absolute Gasteiger partial charge is 0.389 e. The zero-order chi connectivity index (χ0) is 15.5. The minimum Gasteiger partial charge on any atom is -0.389 e. The van der Waals surface area contributed by atoms with Crippen LogP contribution in [-0.4, -0.2) is 37.7 Å². The predicted molar refractivity (Wildman–Crippen MR) is 89.0 cm³/mol. The molecule has 0 atom stereocenters. The third kappa shape index (κ3) is 4.10. The fraction of sp³-hybridized carbons (Fsp3) is 0.231. The van der Waals surface area contributed by atoms with Gasteiger partial charge in [0.05, 0.1) is 23.0 Å². The van der Waals surface area contributed by atoms with Gasteiger partial charge >= 0.3 is 0 Å². The number of rotatable bonds is 6. The first-order valence-electron chi connectivity index (χ1n) is 6.24. The maximum Gasteiger partial charge on any atom is 0.208 e. The summed E-state index contributed by atoms with van der Waals surface area (Å²) in [6.07, 6.45) is 2.74. The van der Waals surface area contributed by atoms with E-state index in [1.807, 2.05) is 24.3 Å². The van der Waals surface area contributed by atoms with Gasteiger partial charge in [-0.15, -0.1) is 0 Å². The van der Waals surface area contributed by atoms with Gasteiger partial charge in [-0.1, -0.05) is 30.4 Å². The number of hydrogen-bond donors (Lipinski definition) is 3. The highest BCUT2D eigenvalue weighted by molar-refractivity contribution is 7.88. The molecule has 0 saturated carbocycles. The molecule has 4 N–H and O–H groups in total. The number of hydrogen-bond acceptors (Lipinski definition) is 5. The summed E-state index contributed by atoms with van der Waals surface area (Å²) in [4.78, 5) is 4.55. The van der Waals surface area contributed by atoms with Crippen molar-refractivity contribution in [3.8, 4) is 0 Å². The molecule has 0 saturated heterocycles. The second-order valence-electron chi connectivity index (χ2n) is 4.52. The molecule has 6 nitrogen and oxygen atoms in total. The number of benzene rings is 1. The third-order valence-corrected chi connectivity index (χ3v) is 3.78. The highest BCUT2D eigenvalue weighted by Crippen LogP contribution is 2.25. The van der Waals surface area contributed by atoms with Gasteiger partial charge in [-0.05, 0) is 6.07 Å². The first kappa shape index (κ1) is 15.6. The van der Waals surface area contributed by atoms with Crippen LogP contribution in [0.4, 0.5) is 5.69 Å². The van der Waals surface area contributed by atoms with E-state index in [1.165, 1.54) is 0 Å². The van der Waals surface area contributed by atoms with Gasteiger partial charge in [0.15, 0.2) is 0 Å². The van der Waals surface area contributed by atoms with Crippen molar-refractivity contribution in [1.29, 1.82) is 0 Å². The molecule has 0 aliphatic carbocycles. The van der Waals surface area contributed by atoms with Crippen molar-refractivity contribution in [3.05, 3.63) is 36.0 Å². The second kappa shape index (κ2) is 6.33. The van der Waals surface area contributed by atoms with Crippen LogP contribution >= 0.6 is 12.2 Å². The molecule has 2 aromatic rings. The summed E-state index contributed by atoms with van der Waals surface area (Å²) >= 11 is 5.04. The van der Waals surface area contributed by atoms with E-state index in [0.29, 0.717) is 12.1 Å². The van der Waals surface area contributed by atoms with E-state index in [4.69, 9.17) is 18.0 Å². The number of thiocarbonyl (C=S) groups is 1. The molecule has 0 aliphatic heterocycles. The van der Waals surface area contributed by atoms with Crippen molar-refractivity contribution >= 4 is 43.8 Å². The third-order valence-electron chi connectivity index (χ3n) is 2.83. The summed E-state index contributed by atoms with van der Waals surface area (Å²) in [5.74, 6) is 0. The van der Waals surface area contributed by atoms with E-state index >= 15 is 0 Å². The molecule has 1 heterocycles. The van der Waals surface area contributed by atoms with Crippen LogP contribution < -0.4 is 15.8 Å². The maximum absolute atomic E-state index is 11.0. The van der Waals surface area contributed by atoms with Crippen molar-refractivity contribution in [3.63, 3.8) is 0 Å². The fourth-order valence-corrected chi connectivity index (χ4v) is 2.57. The molecular weight excluding hydrogens is 308 g/mol. The van der Waals surface area contributed by atoms with Gasteiger partial charge in [0.25, 0.3) is 0 Å². The zero-order valence-corrected chi connectivity index (χ0v) is 13.1. The van der Waals surface area contributed by atoms with E-state index in [2.05, 4.69) is 15.0 Å². The highest BCUT2D eigenvalue weighted by Gasteiger charge is 2.10. The standard InChI is InChI=1S/C13H16N4O2S2/c1-21(18,19)17-7-6-15-12-9-4-2-3-5-11(9)16-8-10(12)13(14)20/h2-5,8,17H,6-7H2,1H3,(H2,14,20)(H,15,16). The summed E-state index contributed by atoms with van der Waals surface area (Å²) in [6.45, 7) is 0.683. The highest BCUT2D eigenvalue weighted by atomic mass is 32.2. The van der Waals surface area contributed by atoms with Gasteiger partial charge in [-0.25, -0.2) is 13.1 Å². The first-order chi connectivity index (χ1) is 9.88. The average Bonchev–Trinajstić information content (AvgIpc) is 2.42. The number of fused-ring (bicyclic) bond motifs is 1. The van der Waals surface area contributed by atoms with Crippen LogP contribution in [0.2, 0.25) is 0 Å². The first-order valence-corrected chi connectivity index (χ1v) is 8.54. The van der Waals surface area contributed by atoms with E-state index in [-0.39, 0.29) is 11.5 Å². The number of sulfonamides is 1. The summed E-state index contributed by atoms with van der Waals surface area (Å²) < 4.78 is 24.5. The van der Waals surface area contributed by atoms with Crippen LogP contribution in [0.5, 0.6) is 0 Å². The van der Waals surface area contributed by atoms with Crippen LogP contribution in [0.25, 0.3) is 10.9 Å². The Balaban J connectivity index is 2.27. The number of nitrogens with two attached hydrogens (primary N) is 1. The maximum atomic E-state index is 11.0. The quantitative estimate of drug-likeness (QED) is 0.538. The fourth-order valence-electron chi connectivity index (χ4n) is 1.94. The van der Waals surface area contributed by atoms with Crippen LogP contribution in [0, 0.1) is 0 Å². The number of aromatic nitrogens is 1. The molecule has 1 aromatic heterocycles. The lowest BCUT2D eigenvalue weighted by Crippen LogP contribution is -2.28. The van der Waals surface area contributed by atoms with Crippen molar-refractivity contribution in [2.75, 3.05) is 24.7 Å². The number of nitrogens with zero attached hydrogens (tertiary/aromatic N) is 1. The normalized spacial score (nSPS) is 11.5. The smallest absolute Gasteiger partial charge is 0.208 e. The molecule has 21 heavy (non-hydrogen) atoms. The van der Waals surface area contributed by atoms with Crippen LogP contribution in [0.15, 0.2) is 30.5 Å². The molecule has 0 aliphatic rings. The van der Waals surface area contributed by atoms with Gasteiger partial charge in [-0.2, -0.15) is 0 Å². The van der Waals surface area contributed by atoms with E-state index < -0.39 is 10.0 Å². The summed E-state index contributed by atoms with van der Waals surface area (Å²) in [7, 11) is -3.20. The molecule has 112 valence electrons. The van der Waals surface area contributed by atoms with Gasteiger partial charge < -0.3 is 11.1 Å². The minimum atomic E-state index is -3.20. The van der Waals surface area contributed by atoms with E-state index in [9.17, 15) is 8.42 Å². The Morgan fingerprint density at radius 1 is 1.33 bits per heavy atom. The molecule has 0 amide bonds. The molecule has 2 rings (SSSR count). The summed E-state index contributed by atoms with van der Waals surface area (Å²) in [5, 5.41) is 4.07. The van der Waals surface area contributed by atoms with E-state index in [0.717, 1.165) is 22.8 Å². The van der Waals surface area contributed by atoms with Crippen molar-refractivity contribution < 1.29 is 8.42 Å². The number of nitrogens with one attached hydrogen (secondary N) is 2. The molecule has 0 unspecified atom stereocenters. The van der Waals surface area contributed by atoms with E-state index in [1.54, 1.807) is 6.20 Å². The molecule has 1 aromatic carbocycles. The number of anilines is 1. The van der Waals surface area contributed by atoms with Crippen LogP contribution in [0.1, 0.15) is 5.56 Å². The van der Waals surface area contributed by atoms with Crippen molar-refractivity contribution in [2.45, 2.75) is 0 Å². The van der Waals surface area contributed by atoms with Crippen molar-refractivity contribution in [1.82, 2.24) is 9.71 Å². The van der Waals surface area contributed by atoms with Crippen molar-refractivity contribution in [2.24, 2.45) is 5.73 Å². The number of pyridine rings is 1. The molecule has 0 fully saturated rings. The predicted octanol–water partition coefficient (Wildman–Crippen LogP) is 0.830. The zero-order valence-electron chi connectivity index (χ0n) is 11.5. The second-order valence-corrected chi connectivity index (χ2v) is 6.79. The SMILES string of the molecule is CS(=O)(=O)NCCNc1c(C(N)=S)cnc2ccccc12. The Morgan fingerprint density at radius 3 is 2.71 bits per heavy atom. The monoisotopic (exact) mass is 324 g/mol. The van der Waals surface area contributed by atoms with Crippen LogP contribution in [-0.2, 0) is 10.0 Å². The molecule has 0 radical (unpaired) electrons. The Labute approximate surface area is 128 Å². The van der Waals surface area contributed by atoms with Crippen LogP contribution in [0.3, 0.4) is 0 Å². The van der Waals surface area contributed by atoms with Gasteiger partial charge in [0.2, 0.25) is 10.0 Å². The van der Waals surface area contributed by atoms with Gasteiger partial charge in [0.1, 0.15) is 4.99 Å². The summed E-state index contributed by atoms with van der Waals surface area (Å²) in [6, 6.07) is 7.59. The minimum absolute atomic E-state index is 0.242. The average molecular weight is 324 g/mol. The lowest BCUT2D eigenvalue weighted by molar-refractivity contribution is 0.589. The molecule has 0 spiro atoms. The Kier molecular flexibility index (Phi) is 4.71. The molecule has 0 bridgehead atoms. The lowest BCUT2D eigenvalue weighted by atomic mass is 10.1. The van der Waals surface area contributed by atoms with Gasteiger partial charge in [-0.3, -0.25) is 4.98 Å². The lowest BCUT2D eigenvalue weighted by Gasteiger charge is -2.14. The molecule has 8 heteroatoms. The molecular formula is C13H16N4O2S2. The van der Waals surface area contributed by atoms with Gasteiger partial charge in [0, 0.05) is 24.7 Å². The Hall–Kier alpha value is -1.77. The number of para-hydroxylation sites is 1.